The normalized spacial score (nSPS) is 24.6. The Balaban J connectivity index is 1.61. The standard InChI is InChI=1S/C13H19N3S2/c1-10-14-7-11(18-10)8-15-12-16-13(9-17-12)5-3-2-4-6-13/h7H,2-6,8-9H2,1H3,(H,15,16). The molecule has 2 aliphatic rings. The molecule has 98 valence electrons. The molecule has 2 heterocycles. The molecule has 3 rings (SSSR count). The third-order valence-electron chi connectivity index (χ3n) is 3.72. The second-order valence-electron chi connectivity index (χ2n) is 5.22. The molecular formula is C13H19N3S2. The summed E-state index contributed by atoms with van der Waals surface area (Å²) in [7, 11) is 0. The minimum absolute atomic E-state index is 0.366. The van der Waals surface area contributed by atoms with Crippen LogP contribution in [0.15, 0.2) is 11.2 Å². The van der Waals surface area contributed by atoms with Gasteiger partial charge in [0.2, 0.25) is 0 Å². The minimum atomic E-state index is 0.366. The molecule has 0 bridgehead atoms. The van der Waals surface area contributed by atoms with Crippen molar-refractivity contribution in [3.05, 3.63) is 16.1 Å². The Kier molecular flexibility index (Phi) is 3.61. The Hall–Kier alpha value is -0.550. The molecule has 1 saturated heterocycles. The number of hydrogen-bond acceptors (Lipinski definition) is 4. The number of aromatic nitrogens is 1. The lowest BCUT2D eigenvalue weighted by Crippen LogP contribution is -2.45. The van der Waals surface area contributed by atoms with E-state index in [4.69, 9.17) is 4.99 Å². The van der Waals surface area contributed by atoms with Gasteiger partial charge in [0.1, 0.15) is 0 Å². The van der Waals surface area contributed by atoms with Crippen LogP contribution < -0.4 is 5.32 Å². The fourth-order valence-electron chi connectivity index (χ4n) is 2.72. The van der Waals surface area contributed by atoms with Gasteiger partial charge in [-0.2, -0.15) is 0 Å². The predicted octanol–water partition coefficient (Wildman–Crippen LogP) is 3.35. The molecule has 5 heteroatoms. The summed E-state index contributed by atoms with van der Waals surface area (Å²) < 4.78 is 0. The molecule has 0 atom stereocenters. The maximum absolute atomic E-state index is 4.70. The highest BCUT2D eigenvalue weighted by Gasteiger charge is 2.37. The topological polar surface area (TPSA) is 37.3 Å². The highest BCUT2D eigenvalue weighted by molar-refractivity contribution is 8.14. The van der Waals surface area contributed by atoms with Gasteiger partial charge in [-0.15, -0.1) is 11.3 Å². The summed E-state index contributed by atoms with van der Waals surface area (Å²) in [5, 5.41) is 5.95. The highest BCUT2D eigenvalue weighted by atomic mass is 32.2. The van der Waals surface area contributed by atoms with Crippen LogP contribution in [0.1, 0.15) is 42.0 Å². The van der Waals surface area contributed by atoms with Gasteiger partial charge >= 0.3 is 0 Å². The van der Waals surface area contributed by atoms with E-state index >= 15 is 0 Å². The van der Waals surface area contributed by atoms with Crippen molar-refractivity contribution in [3.8, 4) is 0 Å². The Bertz CT molecular complexity index is 447. The molecule has 1 aromatic heterocycles. The van der Waals surface area contributed by atoms with E-state index in [2.05, 4.69) is 10.3 Å². The first kappa shape index (κ1) is 12.5. The number of hydrogen-bond donors (Lipinski definition) is 1. The summed E-state index contributed by atoms with van der Waals surface area (Å²) in [6.45, 7) is 2.82. The van der Waals surface area contributed by atoms with Crippen molar-refractivity contribution in [2.75, 3.05) is 5.75 Å². The highest BCUT2D eigenvalue weighted by Crippen LogP contribution is 2.36. The van der Waals surface area contributed by atoms with E-state index in [0.29, 0.717) is 5.54 Å². The van der Waals surface area contributed by atoms with E-state index in [1.54, 1.807) is 11.3 Å². The van der Waals surface area contributed by atoms with E-state index in [1.807, 2.05) is 24.9 Å². The van der Waals surface area contributed by atoms with E-state index in [0.717, 1.165) is 16.7 Å². The predicted molar refractivity (Wildman–Crippen MR) is 79.4 cm³/mol. The summed E-state index contributed by atoms with van der Waals surface area (Å²) in [6.07, 6.45) is 8.72. The monoisotopic (exact) mass is 281 g/mol. The SMILES string of the molecule is Cc1ncc(CN=C2NC3(CCCCC3)CS2)s1. The fraction of sp³-hybridized carbons (Fsp3) is 0.692. The fourth-order valence-corrected chi connectivity index (χ4v) is 4.65. The third kappa shape index (κ3) is 2.72. The number of thiazole rings is 1. The number of nitrogens with zero attached hydrogens (tertiary/aromatic N) is 2. The summed E-state index contributed by atoms with van der Waals surface area (Å²) in [4.78, 5) is 10.2. The second-order valence-corrected chi connectivity index (χ2v) is 7.51. The second kappa shape index (κ2) is 5.21. The van der Waals surface area contributed by atoms with Gasteiger partial charge in [0, 0.05) is 22.4 Å². The zero-order chi connectivity index (χ0) is 12.4. The van der Waals surface area contributed by atoms with Gasteiger partial charge in [-0.3, -0.25) is 4.99 Å². The Labute approximate surface area is 116 Å². The lowest BCUT2D eigenvalue weighted by Gasteiger charge is -2.32. The van der Waals surface area contributed by atoms with Crippen LogP contribution in [0.25, 0.3) is 0 Å². The van der Waals surface area contributed by atoms with Crippen LogP contribution >= 0.6 is 23.1 Å². The van der Waals surface area contributed by atoms with E-state index < -0.39 is 0 Å². The van der Waals surface area contributed by atoms with Crippen molar-refractivity contribution >= 4 is 28.3 Å². The van der Waals surface area contributed by atoms with Crippen molar-refractivity contribution < 1.29 is 0 Å². The maximum Gasteiger partial charge on any atom is 0.157 e. The van der Waals surface area contributed by atoms with Crippen molar-refractivity contribution in [1.29, 1.82) is 0 Å². The van der Waals surface area contributed by atoms with E-state index in [1.165, 1.54) is 42.7 Å². The zero-order valence-corrected chi connectivity index (χ0v) is 12.4. The number of aryl methyl sites for hydroxylation is 1. The molecule has 0 radical (unpaired) electrons. The molecule has 2 fully saturated rings. The molecule has 0 aromatic carbocycles. The number of nitrogens with one attached hydrogen (secondary N) is 1. The van der Waals surface area contributed by atoms with Crippen LogP contribution in [0.3, 0.4) is 0 Å². The van der Waals surface area contributed by atoms with Crippen molar-refractivity contribution in [1.82, 2.24) is 10.3 Å². The van der Waals surface area contributed by atoms with Gasteiger partial charge in [0.15, 0.2) is 5.17 Å². The van der Waals surface area contributed by atoms with Crippen molar-refractivity contribution in [2.45, 2.75) is 51.1 Å². The molecule has 0 unspecified atom stereocenters. The quantitative estimate of drug-likeness (QED) is 0.903. The molecule has 0 amide bonds. The van der Waals surface area contributed by atoms with Gasteiger partial charge < -0.3 is 5.32 Å². The molecule has 1 aliphatic carbocycles. The molecule has 1 N–H and O–H groups in total. The number of aliphatic imine (C=N–C) groups is 1. The van der Waals surface area contributed by atoms with Crippen LogP contribution in [-0.4, -0.2) is 21.4 Å². The van der Waals surface area contributed by atoms with Crippen LogP contribution in [0.2, 0.25) is 0 Å². The Morgan fingerprint density at radius 2 is 2.22 bits per heavy atom. The first-order chi connectivity index (χ1) is 8.76. The van der Waals surface area contributed by atoms with Crippen LogP contribution in [-0.2, 0) is 6.54 Å². The maximum atomic E-state index is 4.70. The van der Waals surface area contributed by atoms with Gasteiger partial charge in [-0.25, -0.2) is 4.98 Å². The average molecular weight is 281 g/mol. The molecule has 1 aromatic rings. The number of rotatable bonds is 2. The van der Waals surface area contributed by atoms with Gasteiger partial charge in [-0.05, 0) is 19.8 Å². The van der Waals surface area contributed by atoms with Gasteiger partial charge in [0.25, 0.3) is 0 Å². The number of amidine groups is 1. The first-order valence-electron chi connectivity index (χ1n) is 6.63. The Morgan fingerprint density at radius 3 is 2.94 bits per heavy atom. The zero-order valence-electron chi connectivity index (χ0n) is 10.7. The summed E-state index contributed by atoms with van der Waals surface area (Å²) in [5.41, 5.74) is 0.366. The van der Waals surface area contributed by atoms with Gasteiger partial charge in [0.05, 0.1) is 11.6 Å². The van der Waals surface area contributed by atoms with Crippen LogP contribution in [0.4, 0.5) is 0 Å². The summed E-state index contributed by atoms with van der Waals surface area (Å²) in [6, 6.07) is 0. The van der Waals surface area contributed by atoms with Crippen LogP contribution in [0.5, 0.6) is 0 Å². The van der Waals surface area contributed by atoms with E-state index in [-0.39, 0.29) is 0 Å². The molecule has 1 spiro atoms. The third-order valence-corrected chi connectivity index (χ3v) is 5.81. The average Bonchev–Trinajstić information content (AvgIpc) is 2.96. The summed E-state index contributed by atoms with van der Waals surface area (Å²) in [5.74, 6) is 1.20. The van der Waals surface area contributed by atoms with E-state index in [9.17, 15) is 0 Å². The minimum Gasteiger partial charge on any atom is -0.359 e. The molecular weight excluding hydrogens is 262 g/mol. The first-order valence-corrected chi connectivity index (χ1v) is 8.43. The molecule has 3 nitrogen and oxygen atoms in total. The molecule has 1 saturated carbocycles. The van der Waals surface area contributed by atoms with Crippen molar-refractivity contribution in [3.63, 3.8) is 0 Å². The van der Waals surface area contributed by atoms with Crippen LogP contribution in [0, 0.1) is 6.92 Å². The Morgan fingerprint density at radius 1 is 1.39 bits per heavy atom. The number of thioether (sulfide) groups is 1. The lowest BCUT2D eigenvalue weighted by atomic mass is 9.83. The lowest BCUT2D eigenvalue weighted by molar-refractivity contribution is 0.303. The molecule has 1 aliphatic heterocycles. The molecule has 18 heavy (non-hydrogen) atoms. The smallest absolute Gasteiger partial charge is 0.157 e. The van der Waals surface area contributed by atoms with Gasteiger partial charge in [-0.1, -0.05) is 31.0 Å². The largest absolute Gasteiger partial charge is 0.359 e. The van der Waals surface area contributed by atoms with Crippen molar-refractivity contribution in [2.24, 2.45) is 4.99 Å². The summed E-state index contributed by atoms with van der Waals surface area (Å²) >= 11 is 3.64.